The average Bonchev–Trinajstić information content (AvgIpc) is 2.55. The lowest BCUT2D eigenvalue weighted by atomic mass is 10.1. The van der Waals surface area contributed by atoms with E-state index in [1.807, 2.05) is 11.8 Å². The van der Waals surface area contributed by atoms with Gasteiger partial charge >= 0.3 is 5.97 Å². The van der Waals surface area contributed by atoms with E-state index >= 15 is 0 Å². The molecule has 0 aromatic rings. The second kappa shape index (κ2) is 7.75. The zero-order valence-corrected chi connectivity index (χ0v) is 13.2. The summed E-state index contributed by atoms with van der Waals surface area (Å²) >= 11 is 0. The molecular weight excluding hydrogens is 270 g/mol. The number of piperidine rings is 1. The first-order chi connectivity index (χ1) is 10.1. The first kappa shape index (κ1) is 16.2. The standard InChI is InChI=1S/C15H27N3O3/c1-13(15(20)21-2)17-10-8-16(9-11-17)12-14(19)18-6-4-3-5-7-18/h13H,3-12H2,1-2H3. The van der Waals surface area contributed by atoms with Crippen molar-refractivity contribution in [3.63, 3.8) is 0 Å². The minimum absolute atomic E-state index is 0.187. The molecule has 2 aliphatic rings. The highest BCUT2D eigenvalue weighted by atomic mass is 16.5. The third-order valence-corrected chi connectivity index (χ3v) is 4.56. The van der Waals surface area contributed by atoms with Crippen LogP contribution in [-0.4, -0.2) is 85.5 Å². The monoisotopic (exact) mass is 297 g/mol. The van der Waals surface area contributed by atoms with E-state index in [4.69, 9.17) is 4.74 Å². The number of nitrogens with zero attached hydrogens (tertiary/aromatic N) is 3. The van der Waals surface area contributed by atoms with Crippen molar-refractivity contribution in [2.45, 2.75) is 32.2 Å². The topological polar surface area (TPSA) is 53.1 Å². The predicted molar refractivity (Wildman–Crippen MR) is 79.9 cm³/mol. The number of likely N-dealkylation sites (tertiary alicyclic amines) is 1. The fraction of sp³-hybridized carbons (Fsp3) is 0.867. The van der Waals surface area contributed by atoms with Crippen LogP contribution in [0.15, 0.2) is 0 Å². The van der Waals surface area contributed by atoms with Gasteiger partial charge in [0.15, 0.2) is 0 Å². The molecule has 0 bridgehead atoms. The third kappa shape index (κ3) is 4.41. The molecular formula is C15H27N3O3. The average molecular weight is 297 g/mol. The third-order valence-electron chi connectivity index (χ3n) is 4.56. The van der Waals surface area contributed by atoms with Gasteiger partial charge in [-0.1, -0.05) is 0 Å². The molecule has 0 aromatic carbocycles. The lowest BCUT2D eigenvalue weighted by molar-refractivity contribution is -0.147. The molecule has 0 aliphatic carbocycles. The molecule has 0 radical (unpaired) electrons. The van der Waals surface area contributed by atoms with Crippen molar-refractivity contribution in [3.8, 4) is 0 Å². The summed E-state index contributed by atoms with van der Waals surface area (Å²) in [5.41, 5.74) is 0. The van der Waals surface area contributed by atoms with Gasteiger partial charge in [-0.3, -0.25) is 19.4 Å². The largest absolute Gasteiger partial charge is 0.468 e. The Morgan fingerprint density at radius 2 is 1.62 bits per heavy atom. The van der Waals surface area contributed by atoms with Crippen LogP contribution < -0.4 is 0 Å². The number of carbonyl (C=O) groups excluding carboxylic acids is 2. The van der Waals surface area contributed by atoms with Crippen LogP contribution in [0.3, 0.4) is 0 Å². The second-order valence-electron chi connectivity index (χ2n) is 5.95. The molecule has 2 aliphatic heterocycles. The number of amides is 1. The van der Waals surface area contributed by atoms with Crippen LogP contribution in [0.2, 0.25) is 0 Å². The Bertz CT molecular complexity index is 361. The number of rotatable bonds is 4. The van der Waals surface area contributed by atoms with E-state index in [-0.39, 0.29) is 17.9 Å². The van der Waals surface area contributed by atoms with Crippen LogP contribution >= 0.6 is 0 Å². The fourth-order valence-electron chi connectivity index (χ4n) is 3.06. The molecule has 6 nitrogen and oxygen atoms in total. The summed E-state index contributed by atoms with van der Waals surface area (Å²) in [6, 6.07) is -0.199. The van der Waals surface area contributed by atoms with E-state index in [1.165, 1.54) is 13.5 Å². The Morgan fingerprint density at radius 1 is 1.00 bits per heavy atom. The highest BCUT2D eigenvalue weighted by molar-refractivity contribution is 5.78. The van der Waals surface area contributed by atoms with Crippen molar-refractivity contribution in [1.82, 2.24) is 14.7 Å². The highest BCUT2D eigenvalue weighted by Crippen LogP contribution is 2.11. The number of ether oxygens (including phenoxy) is 1. The Morgan fingerprint density at radius 3 is 2.19 bits per heavy atom. The molecule has 0 saturated carbocycles. The minimum Gasteiger partial charge on any atom is -0.468 e. The minimum atomic E-state index is -0.199. The maximum atomic E-state index is 12.2. The van der Waals surface area contributed by atoms with Crippen molar-refractivity contribution >= 4 is 11.9 Å². The summed E-state index contributed by atoms with van der Waals surface area (Å²) in [5.74, 6) is 0.0667. The zero-order chi connectivity index (χ0) is 15.2. The van der Waals surface area contributed by atoms with Gasteiger partial charge in [0.1, 0.15) is 6.04 Å². The number of carbonyl (C=O) groups is 2. The molecule has 0 N–H and O–H groups in total. The smallest absolute Gasteiger partial charge is 0.322 e. The number of hydrogen-bond acceptors (Lipinski definition) is 5. The van der Waals surface area contributed by atoms with Crippen LogP contribution in [0, 0.1) is 0 Å². The predicted octanol–water partition coefficient (Wildman–Crippen LogP) is 0.178. The van der Waals surface area contributed by atoms with Crippen molar-refractivity contribution in [2.24, 2.45) is 0 Å². The molecule has 2 heterocycles. The van der Waals surface area contributed by atoms with Gasteiger partial charge in [-0.05, 0) is 26.2 Å². The van der Waals surface area contributed by atoms with E-state index in [0.717, 1.165) is 52.1 Å². The van der Waals surface area contributed by atoms with Gasteiger partial charge in [-0.2, -0.15) is 0 Å². The number of hydrogen-bond donors (Lipinski definition) is 0. The molecule has 0 spiro atoms. The molecule has 6 heteroatoms. The summed E-state index contributed by atoms with van der Waals surface area (Å²) in [7, 11) is 1.42. The zero-order valence-electron chi connectivity index (χ0n) is 13.2. The van der Waals surface area contributed by atoms with Crippen molar-refractivity contribution in [3.05, 3.63) is 0 Å². The molecule has 1 unspecified atom stereocenters. The van der Waals surface area contributed by atoms with Gasteiger partial charge in [-0.15, -0.1) is 0 Å². The SMILES string of the molecule is COC(=O)C(C)N1CCN(CC(=O)N2CCCCC2)CC1. The Labute approximate surface area is 127 Å². The van der Waals surface area contributed by atoms with Crippen LogP contribution in [0.1, 0.15) is 26.2 Å². The highest BCUT2D eigenvalue weighted by Gasteiger charge is 2.27. The van der Waals surface area contributed by atoms with Gasteiger partial charge in [0.25, 0.3) is 0 Å². The van der Waals surface area contributed by atoms with E-state index in [0.29, 0.717) is 6.54 Å². The van der Waals surface area contributed by atoms with Crippen molar-refractivity contribution in [1.29, 1.82) is 0 Å². The number of esters is 1. The lowest BCUT2D eigenvalue weighted by Crippen LogP contribution is -2.54. The molecule has 120 valence electrons. The molecule has 2 rings (SSSR count). The van der Waals surface area contributed by atoms with Crippen LogP contribution in [0.5, 0.6) is 0 Å². The van der Waals surface area contributed by atoms with Crippen molar-refractivity contribution in [2.75, 3.05) is 52.9 Å². The maximum Gasteiger partial charge on any atom is 0.322 e. The molecule has 2 fully saturated rings. The van der Waals surface area contributed by atoms with E-state index in [2.05, 4.69) is 9.80 Å². The quantitative estimate of drug-likeness (QED) is 0.693. The molecule has 2 saturated heterocycles. The fourth-order valence-corrected chi connectivity index (χ4v) is 3.06. The van der Waals surface area contributed by atoms with Gasteiger partial charge in [-0.25, -0.2) is 0 Å². The summed E-state index contributed by atoms with van der Waals surface area (Å²) < 4.78 is 4.78. The molecule has 1 atom stereocenters. The first-order valence-electron chi connectivity index (χ1n) is 7.94. The first-order valence-corrected chi connectivity index (χ1v) is 7.94. The van der Waals surface area contributed by atoms with E-state index < -0.39 is 0 Å². The van der Waals surface area contributed by atoms with E-state index in [1.54, 1.807) is 0 Å². The van der Waals surface area contributed by atoms with Gasteiger partial charge in [0.05, 0.1) is 13.7 Å². The van der Waals surface area contributed by atoms with Crippen molar-refractivity contribution < 1.29 is 14.3 Å². The summed E-state index contributed by atoms with van der Waals surface area (Å²) in [4.78, 5) is 30.1. The molecule has 0 aromatic heterocycles. The maximum absolute atomic E-state index is 12.2. The number of piperazine rings is 1. The normalized spacial score (nSPS) is 22.9. The Hall–Kier alpha value is -1.14. The van der Waals surface area contributed by atoms with E-state index in [9.17, 15) is 9.59 Å². The van der Waals surface area contributed by atoms with Gasteiger partial charge in [0.2, 0.25) is 5.91 Å². The summed E-state index contributed by atoms with van der Waals surface area (Å²) in [6.07, 6.45) is 3.51. The van der Waals surface area contributed by atoms with Crippen LogP contribution in [0.4, 0.5) is 0 Å². The molecule has 1 amide bonds. The Balaban J connectivity index is 1.73. The second-order valence-corrected chi connectivity index (χ2v) is 5.95. The summed E-state index contributed by atoms with van der Waals surface area (Å²) in [5, 5.41) is 0. The lowest BCUT2D eigenvalue weighted by Gasteiger charge is -2.37. The number of methoxy groups -OCH3 is 1. The van der Waals surface area contributed by atoms with Crippen LogP contribution in [-0.2, 0) is 14.3 Å². The van der Waals surface area contributed by atoms with Gasteiger partial charge < -0.3 is 9.64 Å². The van der Waals surface area contributed by atoms with Crippen LogP contribution in [0.25, 0.3) is 0 Å². The Kier molecular flexibility index (Phi) is 5.99. The summed E-state index contributed by atoms with van der Waals surface area (Å²) in [6.45, 7) is 7.51. The molecule has 21 heavy (non-hydrogen) atoms. The van der Waals surface area contributed by atoms with Gasteiger partial charge in [0, 0.05) is 39.3 Å².